The first-order valence-electron chi connectivity index (χ1n) is 7.16. The zero-order chi connectivity index (χ0) is 16.2. The normalized spacial score (nSPS) is 10.3. The molecule has 3 rings (SSSR count). The number of aromatic hydroxyl groups is 1. The van der Waals surface area contributed by atoms with Gasteiger partial charge in [0.2, 0.25) is 0 Å². The molecule has 0 saturated carbocycles. The second-order valence-corrected chi connectivity index (χ2v) is 5.15. The SMILES string of the molecule is Cc1ccc(O)c(C(=O)Oc2ccccc2-c2cccnc2)c1. The number of para-hydroxylation sites is 1. The molecule has 0 bridgehead atoms. The van der Waals surface area contributed by atoms with Crippen molar-refractivity contribution in [3.63, 3.8) is 0 Å². The molecule has 3 aromatic rings. The second kappa shape index (κ2) is 6.32. The summed E-state index contributed by atoms with van der Waals surface area (Å²) in [6, 6.07) is 15.8. The Morgan fingerprint density at radius 3 is 2.70 bits per heavy atom. The maximum Gasteiger partial charge on any atom is 0.347 e. The highest BCUT2D eigenvalue weighted by Gasteiger charge is 2.16. The van der Waals surface area contributed by atoms with Crippen molar-refractivity contribution in [1.29, 1.82) is 0 Å². The predicted octanol–water partition coefficient (Wildman–Crippen LogP) is 3.98. The van der Waals surface area contributed by atoms with E-state index < -0.39 is 5.97 Å². The number of aryl methyl sites for hydroxylation is 1. The van der Waals surface area contributed by atoms with Crippen molar-refractivity contribution in [1.82, 2.24) is 4.98 Å². The van der Waals surface area contributed by atoms with Gasteiger partial charge in [0.15, 0.2) is 0 Å². The number of nitrogens with zero attached hydrogens (tertiary/aromatic N) is 1. The number of ether oxygens (including phenoxy) is 1. The summed E-state index contributed by atoms with van der Waals surface area (Å²) >= 11 is 0. The Kier molecular flexibility index (Phi) is 4.06. The predicted molar refractivity (Wildman–Crippen MR) is 87.5 cm³/mol. The van der Waals surface area contributed by atoms with Crippen LogP contribution in [0.25, 0.3) is 11.1 Å². The summed E-state index contributed by atoms with van der Waals surface area (Å²) in [5.74, 6) is -0.270. The molecular weight excluding hydrogens is 290 g/mol. The summed E-state index contributed by atoms with van der Waals surface area (Å²) in [5.41, 5.74) is 2.63. The Hall–Kier alpha value is -3.14. The molecule has 0 saturated heterocycles. The first-order chi connectivity index (χ1) is 11.1. The molecule has 114 valence electrons. The molecule has 1 heterocycles. The van der Waals surface area contributed by atoms with Crippen LogP contribution in [0.2, 0.25) is 0 Å². The molecule has 4 heteroatoms. The minimum absolute atomic E-state index is 0.0977. The molecule has 2 aromatic carbocycles. The third-order valence-electron chi connectivity index (χ3n) is 3.43. The number of hydrogen-bond donors (Lipinski definition) is 1. The van der Waals surface area contributed by atoms with Gasteiger partial charge in [0, 0.05) is 23.5 Å². The van der Waals surface area contributed by atoms with Gasteiger partial charge in [-0.1, -0.05) is 35.9 Å². The van der Waals surface area contributed by atoms with E-state index in [1.54, 1.807) is 36.7 Å². The van der Waals surface area contributed by atoms with E-state index in [1.807, 2.05) is 31.2 Å². The average Bonchev–Trinajstić information content (AvgIpc) is 2.58. The van der Waals surface area contributed by atoms with Crippen LogP contribution < -0.4 is 4.74 Å². The zero-order valence-electron chi connectivity index (χ0n) is 12.6. The Bertz CT molecular complexity index is 844. The van der Waals surface area contributed by atoms with Crippen molar-refractivity contribution >= 4 is 5.97 Å². The molecule has 0 atom stereocenters. The fourth-order valence-corrected chi connectivity index (χ4v) is 2.28. The van der Waals surface area contributed by atoms with Crippen LogP contribution in [0.5, 0.6) is 11.5 Å². The van der Waals surface area contributed by atoms with Gasteiger partial charge in [0.1, 0.15) is 17.1 Å². The van der Waals surface area contributed by atoms with Crippen LogP contribution in [-0.4, -0.2) is 16.1 Å². The van der Waals surface area contributed by atoms with E-state index in [9.17, 15) is 9.90 Å². The molecule has 0 aliphatic heterocycles. The molecular formula is C19H15NO3. The lowest BCUT2D eigenvalue weighted by Crippen LogP contribution is -2.09. The summed E-state index contributed by atoms with van der Waals surface area (Å²) in [5, 5.41) is 9.86. The highest BCUT2D eigenvalue weighted by atomic mass is 16.5. The van der Waals surface area contributed by atoms with E-state index >= 15 is 0 Å². The van der Waals surface area contributed by atoms with Crippen LogP contribution >= 0.6 is 0 Å². The highest BCUT2D eigenvalue weighted by molar-refractivity contribution is 5.95. The third-order valence-corrected chi connectivity index (χ3v) is 3.43. The van der Waals surface area contributed by atoms with Gasteiger partial charge in [-0.15, -0.1) is 0 Å². The summed E-state index contributed by atoms with van der Waals surface area (Å²) in [6.45, 7) is 1.85. The maximum absolute atomic E-state index is 12.4. The van der Waals surface area contributed by atoms with Crippen molar-refractivity contribution in [2.24, 2.45) is 0 Å². The van der Waals surface area contributed by atoms with Crippen molar-refractivity contribution in [3.05, 3.63) is 78.1 Å². The monoisotopic (exact) mass is 305 g/mol. The minimum Gasteiger partial charge on any atom is -0.507 e. The first-order valence-corrected chi connectivity index (χ1v) is 7.16. The molecule has 0 fully saturated rings. The number of hydrogen-bond acceptors (Lipinski definition) is 4. The van der Waals surface area contributed by atoms with Gasteiger partial charge in [-0.2, -0.15) is 0 Å². The van der Waals surface area contributed by atoms with Gasteiger partial charge in [-0.3, -0.25) is 4.98 Å². The molecule has 0 aliphatic rings. The number of esters is 1. The van der Waals surface area contributed by atoms with Crippen LogP contribution in [0.3, 0.4) is 0 Å². The first kappa shape index (κ1) is 14.8. The van der Waals surface area contributed by atoms with Gasteiger partial charge in [-0.05, 0) is 31.2 Å². The van der Waals surface area contributed by atoms with E-state index in [-0.39, 0.29) is 11.3 Å². The van der Waals surface area contributed by atoms with Crippen LogP contribution in [0.4, 0.5) is 0 Å². The topological polar surface area (TPSA) is 59.4 Å². The van der Waals surface area contributed by atoms with Gasteiger partial charge in [0.25, 0.3) is 0 Å². The van der Waals surface area contributed by atoms with Crippen LogP contribution in [0, 0.1) is 6.92 Å². The van der Waals surface area contributed by atoms with Gasteiger partial charge < -0.3 is 9.84 Å². The fraction of sp³-hybridized carbons (Fsp3) is 0.0526. The number of rotatable bonds is 3. The van der Waals surface area contributed by atoms with Crippen molar-refractivity contribution in [3.8, 4) is 22.6 Å². The smallest absolute Gasteiger partial charge is 0.347 e. The zero-order valence-corrected chi connectivity index (χ0v) is 12.6. The lowest BCUT2D eigenvalue weighted by molar-refractivity contribution is 0.0732. The largest absolute Gasteiger partial charge is 0.507 e. The molecule has 4 nitrogen and oxygen atoms in total. The summed E-state index contributed by atoms with van der Waals surface area (Å²) in [4.78, 5) is 16.5. The Balaban J connectivity index is 1.95. The molecule has 23 heavy (non-hydrogen) atoms. The van der Waals surface area contributed by atoms with Gasteiger partial charge in [-0.25, -0.2) is 4.79 Å². The fourth-order valence-electron chi connectivity index (χ4n) is 2.28. The van der Waals surface area contributed by atoms with Crippen molar-refractivity contribution in [2.75, 3.05) is 0 Å². The van der Waals surface area contributed by atoms with Gasteiger partial charge >= 0.3 is 5.97 Å². The number of carbonyl (C=O) groups excluding carboxylic acids is 1. The summed E-state index contributed by atoms with van der Waals surface area (Å²) < 4.78 is 5.50. The molecule has 0 radical (unpaired) electrons. The lowest BCUT2D eigenvalue weighted by atomic mass is 10.1. The number of phenolic OH excluding ortho intramolecular Hbond substituents is 1. The Morgan fingerprint density at radius 2 is 1.91 bits per heavy atom. The number of carbonyl (C=O) groups is 1. The average molecular weight is 305 g/mol. The minimum atomic E-state index is -0.595. The molecule has 0 spiro atoms. The quantitative estimate of drug-likeness (QED) is 0.587. The Morgan fingerprint density at radius 1 is 1.09 bits per heavy atom. The lowest BCUT2D eigenvalue weighted by Gasteiger charge is -2.11. The number of pyridine rings is 1. The maximum atomic E-state index is 12.4. The third kappa shape index (κ3) is 3.21. The van der Waals surface area contributed by atoms with Gasteiger partial charge in [0.05, 0.1) is 0 Å². The van der Waals surface area contributed by atoms with Crippen molar-refractivity contribution < 1.29 is 14.6 Å². The second-order valence-electron chi connectivity index (χ2n) is 5.15. The number of phenols is 1. The molecule has 1 aromatic heterocycles. The molecule has 0 aliphatic carbocycles. The highest BCUT2D eigenvalue weighted by Crippen LogP contribution is 2.30. The summed E-state index contributed by atoms with van der Waals surface area (Å²) in [7, 11) is 0. The van der Waals surface area contributed by atoms with Crippen LogP contribution in [0.15, 0.2) is 67.0 Å². The number of aromatic nitrogens is 1. The number of benzene rings is 2. The van der Waals surface area contributed by atoms with Crippen LogP contribution in [0.1, 0.15) is 15.9 Å². The summed E-state index contributed by atoms with van der Waals surface area (Å²) in [6.07, 6.45) is 3.39. The van der Waals surface area contributed by atoms with E-state index in [0.29, 0.717) is 5.75 Å². The molecule has 1 N–H and O–H groups in total. The van der Waals surface area contributed by atoms with E-state index in [0.717, 1.165) is 16.7 Å². The van der Waals surface area contributed by atoms with E-state index in [4.69, 9.17) is 4.74 Å². The standard InChI is InChI=1S/C19H15NO3/c1-13-8-9-17(21)16(11-13)19(22)23-18-7-3-2-6-15(18)14-5-4-10-20-12-14/h2-12,21H,1H3. The van der Waals surface area contributed by atoms with Crippen molar-refractivity contribution in [2.45, 2.75) is 6.92 Å². The Labute approximate surface area is 134 Å². The molecule has 0 amide bonds. The molecule has 0 unspecified atom stereocenters. The van der Waals surface area contributed by atoms with E-state index in [1.165, 1.54) is 6.07 Å². The van der Waals surface area contributed by atoms with Crippen LogP contribution in [-0.2, 0) is 0 Å². The van der Waals surface area contributed by atoms with E-state index in [2.05, 4.69) is 4.98 Å².